The van der Waals surface area contributed by atoms with E-state index in [1.807, 2.05) is 6.07 Å². The first-order chi connectivity index (χ1) is 12.6. The Hall–Kier alpha value is -3.28. The van der Waals surface area contributed by atoms with Crippen molar-refractivity contribution in [3.8, 4) is 11.5 Å². The average Bonchev–Trinajstić information content (AvgIpc) is 2.66. The van der Waals surface area contributed by atoms with Gasteiger partial charge in [0.2, 0.25) is 5.91 Å². The predicted octanol–water partition coefficient (Wildman–Crippen LogP) is 3.53. The molecule has 0 aliphatic carbocycles. The van der Waals surface area contributed by atoms with Crippen molar-refractivity contribution in [1.82, 2.24) is 0 Å². The van der Waals surface area contributed by atoms with Gasteiger partial charge in [-0.25, -0.2) is 4.79 Å². The zero-order chi connectivity index (χ0) is 18.9. The molecule has 2 rings (SSSR count). The molecule has 0 saturated heterocycles. The number of rotatable bonds is 7. The normalized spacial score (nSPS) is 10.4. The van der Waals surface area contributed by atoms with E-state index in [2.05, 4.69) is 5.32 Å². The van der Waals surface area contributed by atoms with Gasteiger partial charge >= 0.3 is 5.97 Å². The first-order valence-corrected chi connectivity index (χ1v) is 8.05. The van der Waals surface area contributed by atoms with Crippen LogP contribution in [-0.2, 0) is 9.53 Å². The lowest BCUT2D eigenvalue weighted by Gasteiger charge is -2.07. The van der Waals surface area contributed by atoms with Crippen LogP contribution in [0, 0.1) is 0 Å². The van der Waals surface area contributed by atoms with E-state index in [9.17, 15) is 9.59 Å². The molecule has 0 unspecified atom stereocenters. The summed E-state index contributed by atoms with van der Waals surface area (Å²) in [5, 5.41) is 2.73. The summed E-state index contributed by atoms with van der Waals surface area (Å²) in [6, 6.07) is 11.9. The van der Waals surface area contributed by atoms with Gasteiger partial charge in [0.25, 0.3) is 0 Å². The number of hydrogen-bond acceptors (Lipinski definition) is 5. The molecule has 136 valence electrons. The molecular weight excluding hydrogens is 334 g/mol. The van der Waals surface area contributed by atoms with E-state index in [1.54, 1.807) is 63.6 Å². The number of ether oxygens (including phenoxy) is 3. The molecule has 6 nitrogen and oxygen atoms in total. The molecule has 1 N–H and O–H groups in total. The van der Waals surface area contributed by atoms with Crippen molar-refractivity contribution in [3.05, 3.63) is 59.7 Å². The van der Waals surface area contributed by atoms with Gasteiger partial charge in [-0.1, -0.05) is 6.07 Å². The molecule has 0 radical (unpaired) electrons. The second-order valence-corrected chi connectivity index (χ2v) is 5.23. The Labute approximate surface area is 152 Å². The summed E-state index contributed by atoms with van der Waals surface area (Å²) in [4.78, 5) is 23.6. The number of carbonyl (C=O) groups is 2. The summed E-state index contributed by atoms with van der Waals surface area (Å²) in [5.74, 6) is 0.530. The second kappa shape index (κ2) is 9.27. The van der Waals surface area contributed by atoms with E-state index in [0.29, 0.717) is 29.4 Å². The fourth-order valence-corrected chi connectivity index (χ4v) is 2.22. The van der Waals surface area contributed by atoms with E-state index in [4.69, 9.17) is 14.2 Å². The Bertz CT molecular complexity index is 796. The second-order valence-electron chi connectivity index (χ2n) is 5.23. The fourth-order valence-electron chi connectivity index (χ4n) is 2.22. The van der Waals surface area contributed by atoms with Gasteiger partial charge in [-0.3, -0.25) is 4.79 Å². The maximum absolute atomic E-state index is 12.0. The van der Waals surface area contributed by atoms with Crippen molar-refractivity contribution in [3.63, 3.8) is 0 Å². The predicted molar refractivity (Wildman–Crippen MR) is 99.6 cm³/mol. The van der Waals surface area contributed by atoms with Gasteiger partial charge in [0.05, 0.1) is 26.4 Å². The van der Waals surface area contributed by atoms with Crippen LogP contribution in [-0.4, -0.2) is 32.7 Å². The van der Waals surface area contributed by atoms with Crippen LogP contribution in [0.15, 0.2) is 48.5 Å². The number of nitrogens with one attached hydrogen (secondary N) is 1. The zero-order valence-electron chi connectivity index (χ0n) is 14.9. The fraction of sp³-hybridized carbons (Fsp3) is 0.200. The number of carbonyl (C=O) groups excluding carboxylic acids is 2. The van der Waals surface area contributed by atoms with Crippen LogP contribution in [0.4, 0.5) is 5.69 Å². The number of hydrogen-bond donors (Lipinski definition) is 1. The average molecular weight is 355 g/mol. The van der Waals surface area contributed by atoms with Crippen LogP contribution < -0.4 is 14.8 Å². The lowest BCUT2D eigenvalue weighted by molar-refractivity contribution is -0.111. The van der Waals surface area contributed by atoms with Gasteiger partial charge in [0.1, 0.15) is 0 Å². The number of methoxy groups -OCH3 is 2. The van der Waals surface area contributed by atoms with E-state index in [-0.39, 0.29) is 5.91 Å². The van der Waals surface area contributed by atoms with Crippen molar-refractivity contribution in [2.45, 2.75) is 6.92 Å². The highest BCUT2D eigenvalue weighted by Crippen LogP contribution is 2.27. The number of amides is 1. The largest absolute Gasteiger partial charge is 0.493 e. The van der Waals surface area contributed by atoms with Gasteiger partial charge in [-0.2, -0.15) is 0 Å². The van der Waals surface area contributed by atoms with Crippen molar-refractivity contribution in [2.75, 3.05) is 26.1 Å². The van der Waals surface area contributed by atoms with Crippen molar-refractivity contribution in [1.29, 1.82) is 0 Å². The SMILES string of the molecule is CCOC(=O)c1ccc(NC(=O)/C=C/c2ccc(OC)c(OC)c2)cc1. The van der Waals surface area contributed by atoms with Crippen LogP contribution >= 0.6 is 0 Å². The highest BCUT2D eigenvalue weighted by atomic mass is 16.5. The number of esters is 1. The van der Waals surface area contributed by atoms with Gasteiger partial charge in [0, 0.05) is 11.8 Å². The summed E-state index contributed by atoms with van der Waals surface area (Å²) in [7, 11) is 3.12. The molecule has 0 aliphatic rings. The minimum Gasteiger partial charge on any atom is -0.493 e. The van der Waals surface area contributed by atoms with Crippen LogP contribution in [0.5, 0.6) is 11.5 Å². The van der Waals surface area contributed by atoms with Crippen molar-refractivity contribution >= 4 is 23.6 Å². The monoisotopic (exact) mass is 355 g/mol. The molecule has 26 heavy (non-hydrogen) atoms. The highest BCUT2D eigenvalue weighted by molar-refractivity contribution is 6.02. The molecule has 0 atom stereocenters. The zero-order valence-corrected chi connectivity index (χ0v) is 14.9. The van der Waals surface area contributed by atoms with Crippen LogP contribution in [0.3, 0.4) is 0 Å². The Balaban J connectivity index is 2.00. The molecule has 0 bridgehead atoms. The third-order valence-electron chi connectivity index (χ3n) is 3.50. The lowest BCUT2D eigenvalue weighted by atomic mass is 10.2. The Kier molecular flexibility index (Phi) is 6.79. The summed E-state index contributed by atoms with van der Waals surface area (Å²) in [5.41, 5.74) is 1.82. The number of benzene rings is 2. The molecule has 0 heterocycles. The van der Waals surface area contributed by atoms with Crippen molar-refractivity contribution < 1.29 is 23.8 Å². The Morgan fingerprint density at radius 3 is 2.31 bits per heavy atom. The molecule has 6 heteroatoms. The maximum Gasteiger partial charge on any atom is 0.338 e. The molecule has 0 spiro atoms. The van der Waals surface area contributed by atoms with Crippen LogP contribution in [0.1, 0.15) is 22.8 Å². The van der Waals surface area contributed by atoms with Gasteiger partial charge in [0.15, 0.2) is 11.5 Å². The van der Waals surface area contributed by atoms with Gasteiger partial charge < -0.3 is 19.5 Å². The van der Waals surface area contributed by atoms with E-state index in [0.717, 1.165) is 5.56 Å². The highest BCUT2D eigenvalue weighted by Gasteiger charge is 2.06. The van der Waals surface area contributed by atoms with Crippen LogP contribution in [0.25, 0.3) is 6.08 Å². The molecule has 0 aliphatic heterocycles. The van der Waals surface area contributed by atoms with Crippen molar-refractivity contribution in [2.24, 2.45) is 0 Å². The smallest absolute Gasteiger partial charge is 0.338 e. The molecule has 2 aromatic carbocycles. The van der Waals surface area contributed by atoms with E-state index >= 15 is 0 Å². The summed E-state index contributed by atoms with van der Waals surface area (Å²) in [6.45, 7) is 2.06. The Morgan fingerprint density at radius 2 is 1.69 bits per heavy atom. The summed E-state index contributed by atoms with van der Waals surface area (Å²) >= 11 is 0. The first kappa shape index (κ1) is 19.1. The first-order valence-electron chi connectivity index (χ1n) is 8.05. The topological polar surface area (TPSA) is 73.9 Å². The number of anilines is 1. The summed E-state index contributed by atoms with van der Waals surface area (Å²) < 4.78 is 15.3. The third kappa shape index (κ3) is 5.11. The molecule has 0 aromatic heterocycles. The molecule has 1 amide bonds. The van der Waals surface area contributed by atoms with Gasteiger partial charge in [-0.05, 0) is 55.0 Å². The van der Waals surface area contributed by atoms with E-state index < -0.39 is 5.97 Å². The third-order valence-corrected chi connectivity index (χ3v) is 3.50. The molecular formula is C20H21NO5. The Morgan fingerprint density at radius 1 is 1.00 bits per heavy atom. The maximum atomic E-state index is 12.0. The van der Waals surface area contributed by atoms with Gasteiger partial charge in [-0.15, -0.1) is 0 Å². The van der Waals surface area contributed by atoms with E-state index in [1.165, 1.54) is 6.08 Å². The summed E-state index contributed by atoms with van der Waals surface area (Å²) in [6.07, 6.45) is 3.09. The quantitative estimate of drug-likeness (QED) is 0.607. The lowest BCUT2D eigenvalue weighted by Crippen LogP contribution is -2.08. The molecule has 0 saturated carbocycles. The van der Waals surface area contributed by atoms with Crippen LogP contribution in [0.2, 0.25) is 0 Å². The minimum absolute atomic E-state index is 0.288. The minimum atomic E-state index is -0.390. The molecule has 0 fully saturated rings. The molecule has 2 aromatic rings. The standard InChI is InChI=1S/C20H21NO5/c1-4-26-20(23)15-7-9-16(10-8-15)21-19(22)12-6-14-5-11-17(24-2)18(13-14)25-3/h5-13H,4H2,1-3H3,(H,21,22)/b12-6+.